The van der Waals surface area contributed by atoms with Crippen LogP contribution in [0.3, 0.4) is 0 Å². The van der Waals surface area contributed by atoms with Crippen molar-refractivity contribution in [3.8, 4) is 0 Å². The van der Waals surface area contributed by atoms with Gasteiger partial charge in [-0.3, -0.25) is 4.79 Å². The Morgan fingerprint density at radius 3 is 2.75 bits per heavy atom. The third-order valence-electron chi connectivity index (χ3n) is 2.66. The number of rotatable bonds is 4. The van der Waals surface area contributed by atoms with Crippen LogP contribution in [0.15, 0.2) is 46.9 Å². The van der Waals surface area contributed by atoms with Gasteiger partial charge in [0.1, 0.15) is 5.82 Å². The normalized spacial score (nSPS) is 10.2. The van der Waals surface area contributed by atoms with Crippen LogP contribution in [-0.2, 0) is 11.3 Å². The lowest BCUT2D eigenvalue weighted by Crippen LogP contribution is -2.07. The summed E-state index contributed by atoms with van der Waals surface area (Å²) in [5.74, 6) is -0.538. The standard InChI is InChI=1S/C15H14BrFN2O/c1-10(20)19-13-5-6-14(17)15(8-13)18-9-11-3-2-4-12(16)7-11/h2-8,18H,9H2,1H3,(H,19,20). The van der Waals surface area contributed by atoms with E-state index in [0.29, 0.717) is 17.9 Å². The van der Waals surface area contributed by atoms with Gasteiger partial charge in [-0.15, -0.1) is 0 Å². The lowest BCUT2D eigenvalue weighted by Gasteiger charge is -2.10. The van der Waals surface area contributed by atoms with Crippen LogP contribution >= 0.6 is 15.9 Å². The number of halogens is 2. The SMILES string of the molecule is CC(=O)Nc1ccc(F)c(NCc2cccc(Br)c2)c1. The predicted octanol–water partition coefficient (Wildman–Crippen LogP) is 4.16. The van der Waals surface area contributed by atoms with Crippen LogP contribution in [0.4, 0.5) is 15.8 Å². The summed E-state index contributed by atoms with van der Waals surface area (Å²) in [6.45, 7) is 1.91. The fourth-order valence-electron chi connectivity index (χ4n) is 1.79. The van der Waals surface area contributed by atoms with Gasteiger partial charge < -0.3 is 10.6 Å². The number of benzene rings is 2. The van der Waals surface area contributed by atoms with E-state index in [9.17, 15) is 9.18 Å². The van der Waals surface area contributed by atoms with Crippen LogP contribution in [0.2, 0.25) is 0 Å². The molecule has 0 heterocycles. The predicted molar refractivity (Wildman–Crippen MR) is 82.2 cm³/mol. The van der Waals surface area contributed by atoms with Crippen molar-refractivity contribution < 1.29 is 9.18 Å². The first kappa shape index (κ1) is 14.5. The molecule has 3 nitrogen and oxygen atoms in total. The van der Waals surface area contributed by atoms with Gasteiger partial charge in [0.25, 0.3) is 0 Å². The minimum atomic E-state index is -0.353. The third-order valence-corrected chi connectivity index (χ3v) is 3.15. The molecule has 2 aromatic rings. The van der Waals surface area contributed by atoms with E-state index in [2.05, 4.69) is 26.6 Å². The summed E-state index contributed by atoms with van der Waals surface area (Å²) in [6, 6.07) is 12.2. The first-order valence-corrected chi connectivity index (χ1v) is 6.89. The Hall–Kier alpha value is -1.88. The summed E-state index contributed by atoms with van der Waals surface area (Å²) in [5.41, 5.74) is 1.95. The van der Waals surface area contributed by atoms with Gasteiger partial charge in [0.05, 0.1) is 5.69 Å². The van der Waals surface area contributed by atoms with Crippen molar-refractivity contribution in [3.63, 3.8) is 0 Å². The Kier molecular flexibility index (Phi) is 4.74. The molecule has 1 amide bonds. The van der Waals surface area contributed by atoms with Crippen molar-refractivity contribution in [2.24, 2.45) is 0 Å². The maximum Gasteiger partial charge on any atom is 0.221 e. The molecular formula is C15H14BrFN2O. The van der Waals surface area contributed by atoms with Crippen molar-refractivity contribution in [1.82, 2.24) is 0 Å². The molecule has 0 spiro atoms. The van der Waals surface area contributed by atoms with E-state index in [-0.39, 0.29) is 11.7 Å². The van der Waals surface area contributed by atoms with E-state index >= 15 is 0 Å². The Morgan fingerprint density at radius 2 is 2.05 bits per heavy atom. The molecule has 0 saturated carbocycles. The molecule has 104 valence electrons. The van der Waals surface area contributed by atoms with Gasteiger partial charge in [-0.25, -0.2) is 4.39 Å². The molecule has 0 unspecified atom stereocenters. The van der Waals surface area contributed by atoms with E-state index in [1.807, 2.05) is 24.3 Å². The highest BCUT2D eigenvalue weighted by Gasteiger charge is 2.04. The molecular weight excluding hydrogens is 323 g/mol. The molecule has 5 heteroatoms. The highest BCUT2D eigenvalue weighted by atomic mass is 79.9. The highest BCUT2D eigenvalue weighted by Crippen LogP contribution is 2.21. The monoisotopic (exact) mass is 336 g/mol. The molecule has 0 aliphatic carbocycles. The summed E-state index contributed by atoms with van der Waals surface area (Å²) < 4.78 is 14.7. The molecule has 0 radical (unpaired) electrons. The summed E-state index contributed by atoms with van der Waals surface area (Å²) >= 11 is 3.39. The maximum absolute atomic E-state index is 13.7. The molecule has 0 saturated heterocycles. The lowest BCUT2D eigenvalue weighted by molar-refractivity contribution is -0.114. The number of anilines is 2. The zero-order valence-electron chi connectivity index (χ0n) is 10.9. The van der Waals surface area contributed by atoms with E-state index in [0.717, 1.165) is 10.0 Å². The number of carbonyl (C=O) groups is 1. The Labute approximate surface area is 125 Å². The average Bonchev–Trinajstić information content (AvgIpc) is 2.39. The molecule has 20 heavy (non-hydrogen) atoms. The Balaban J connectivity index is 2.10. The van der Waals surface area contributed by atoms with Gasteiger partial charge in [0.15, 0.2) is 0 Å². The van der Waals surface area contributed by atoms with Crippen molar-refractivity contribution in [3.05, 3.63) is 58.3 Å². The highest BCUT2D eigenvalue weighted by molar-refractivity contribution is 9.10. The van der Waals surface area contributed by atoms with Crippen LogP contribution in [0.5, 0.6) is 0 Å². The molecule has 2 N–H and O–H groups in total. The van der Waals surface area contributed by atoms with Gasteiger partial charge in [-0.1, -0.05) is 28.1 Å². The van der Waals surface area contributed by atoms with Crippen molar-refractivity contribution in [1.29, 1.82) is 0 Å². The molecule has 0 aliphatic rings. The number of carbonyl (C=O) groups excluding carboxylic acids is 1. The fourth-order valence-corrected chi connectivity index (χ4v) is 2.23. The van der Waals surface area contributed by atoms with Crippen molar-refractivity contribution in [2.75, 3.05) is 10.6 Å². The quantitative estimate of drug-likeness (QED) is 0.880. The summed E-state index contributed by atoms with van der Waals surface area (Å²) in [5, 5.41) is 5.65. The first-order chi connectivity index (χ1) is 9.54. The van der Waals surface area contributed by atoms with Crippen LogP contribution in [0.1, 0.15) is 12.5 Å². The molecule has 2 rings (SSSR count). The van der Waals surface area contributed by atoms with Crippen LogP contribution in [0, 0.1) is 5.82 Å². The molecule has 0 bridgehead atoms. The van der Waals surface area contributed by atoms with E-state index in [4.69, 9.17) is 0 Å². The third kappa shape index (κ3) is 4.06. The maximum atomic E-state index is 13.7. The van der Waals surface area contributed by atoms with Crippen LogP contribution in [0.25, 0.3) is 0 Å². The van der Waals surface area contributed by atoms with Gasteiger partial charge in [-0.2, -0.15) is 0 Å². The first-order valence-electron chi connectivity index (χ1n) is 6.10. The smallest absolute Gasteiger partial charge is 0.221 e. The second-order valence-corrected chi connectivity index (χ2v) is 5.27. The van der Waals surface area contributed by atoms with Gasteiger partial charge in [-0.05, 0) is 35.9 Å². The van der Waals surface area contributed by atoms with E-state index in [1.165, 1.54) is 19.1 Å². The number of hydrogen-bond acceptors (Lipinski definition) is 2. The minimum Gasteiger partial charge on any atom is -0.379 e. The zero-order valence-corrected chi connectivity index (χ0v) is 12.5. The molecule has 0 fully saturated rings. The van der Waals surface area contributed by atoms with Crippen molar-refractivity contribution in [2.45, 2.75) is 13.5 Å². The molecule has 0 atom stereocenters. The molecule has 2 aromatic carbocycles. The largest absolute Gasteiger partial charge is 0.379 e. The fraction of sp³-hybridized carbons (Fsp3) is 0.133. The summed E-state index contributed by atoms with van der Waals surface area (Å²) in [4.78, 5) is 11.0. The number of hydrogen-bond donors (Lipinski definition) is 2. The Morgan fingerprint density at radius 1 is 1.25 bits per heavy atom. The molecule has 0 aliphatic heterocycles. The van der Waals surface area contributed by atoms with E-state index < -0.39 is 0 Å². The molecule has 0 aromatic heterocycles. The summed E-state index contributed by atoms with van der Waals surface area (Å²) in [6.07, 6.45) is 0. The van der Waals surface area contributed by atoms with E-state index in [1.54, 1.807) is 6.07 Å². The zero-order chi connectivity index (χ0) is 14.5. The number of nitrogens with one attached hydrogen (secondary N) is 2. The second-order valence-electron chi connectivity index (χ2n) is 4.36. The lowest BCUT2D eigenvalue weighted by atomic mass is 10.2. The van der Waals surface area contributed by atoms with Crippen LogP contribution in [-0.4, -0.2) is 5.91 Å². The number of amides is 1. The minimum absolute atomic E-state index is 0.186. The van der Waals surface area contributed by atoms with Gasteiger partial charge in [0.2, 0.25) is 5.91 Å². The second kappa shape index (κ2) is 6.52. The Bertz CT molecular complexity index is 631. The average molecular weight is 337 g/mol. The topological polar surface area (TPSA) is 41.1 Å². The van der Waals surface area contributed by atoms with Gasteiger partial charge in [0, 0.05) is 23.6 Å². The van der Waals surface area contributed by atoms with Crippen LogP contribution < -0.4 is 10.6 Å². The van der Waals surface area contributed by atoms with Crippen molar-refractivity contribution >= 4 is 33.2 Å². The van der Waals surface area contributed by atoms with Gasteiger partial charge >= 0.3 is 0 Å². The summed E-state index contributed by atoms with van der Waals surface area (Å²) in [7, 11) is 0.